The van der Waals surface area contributed by atoms with Crippen molar-refractivity contribution in [1.29, 1.82) is 0 Å². The minimum atomic E-state index is -4.38. The maximum Gasteiger partial charge on any atom is -0.147 e. The Morgan fingerprint density at radius 1 is 0.426 bits per heavy atom. The molecule has 68 heavy (non-hydrogen) atoms. The van der Waals surface area contributed by atoms with Gasteiger partial charge in [-0.15, -0.1) is 24.8 Å². The number of furan rings is 2. The number of benzene rings is 8. The van der Waals surface area contributed by atoms with Gasteiger partial charge in [-0.2, -0.15) is 0 Å². The van der Waals surface area contributed by atoms with Gasteiger partial charge in [0.15, 0.2) is 0 Å². The van der Waals surface area contributed by atoms with Crippen molar-refractivity contribution in [2.24, 2.45) is 0 Å². The van der Waals surface area contributed by atoms with Crippen LogP contribution in [-0.2, 0) is 17.4 Å². The normalized spacial score (nSPS) is 15.6. The Morgan fingerprint density at radius 2 is 0.809 bits per heavy atom. The van der Waals surface area contributed by atoms with Crippen LogP contribution in [0.3, 0.4) is 0 Å². The molecule has 2 aliphatic carbocycles. The Kier molecular flexibility index (Phi) is 11.3. The average Bonchev–Trinajstić information content (AvgIpc) is 4.12. The summed E-state index contributed by atoms with van der Waals surface area (Å²) < 4.78 is 19.3. The van der Waals surface area contributed by atoms with Crippen molar-refractivity contribution < 1.29 is 26.2 Å². The second kappa shape index (κ2) is 16.6. The quantitative estimate of drug-likeness (QED) is 0.123. The van der Waals surface area contributed by atoms with Gasteiger partial charge >= 0.3 is 393 Å². The Morgan fingerprint density at radius 3 is 1.21 bits per heavy atom. The first-order chi connectivity index (χ1) is 31.7. The van der Waals surface area contributed by atoms with E-state index in [0.717, 1.165) is 23.0 Å². The van der Waals surface area contributed by atoms with Crippen molar-refractivity contribution >= 4 is 98.1 Å². The molecule has 2 aliphatic rings. The Bertz CT molecular complexity index is 3650. The molecule has 338 valence electrons. The fourth-order valence-corrected chi connectivity index (χ4v) is 30.8. The molecule has 2 unspecified atom stereocenters. The maximum absolute atomic E-state index is 6.73. The van der Waals surface area contributed by atoms with E-state index in [0.29, 0.717) is 0 Å². The molecule has 10 aromatic rings. The van der Waals surface area contributed by atoms with Crippen molar-refractivity contribution in [1.82, 2.24) is 0 Å². The average molecular weight is 1020 g/mol. The van der Waals surface area contributed by atoms with Crippen LogP contribution in [0, 0.1) is 41.5 Å². The molecular formula is C62H56Cl2O2SiZr. The first-order valence-electron chi connectivity index (χ1n) is 23.5. The van der Waals surface area contributed by atoms with E-state index in [4.69, 9.17) is 8.83 Å². The zero-order valence-electron chi connectivity index (χ0n) is 40.0. The van der Waals surface area contributed by atoms with Crippen molar-refractivity contribution in [3.05, 3.63) is 213 Å². The molecule has 0 amide bonds. The number of aryl methyl sites for hydroxylation is 4. The van der Waals surface area contributed by atoms with Gasteiger partial charge in [-0.25, -0.2) is 0 Å². The molecule has 2 heterocycles. The van der Waals surface area contributed by atoms with Crippen LogP contribution >= 0.6 is 24.8 Å². The van der Waals surface area contributed by atoms with Gasteiger partial charge in [-0.3, -0.25) is 0 Å². The van der Waals surface area contributed by atoms with Gasteiger partial charge in [0.25, 0.3) is 0 Å². The number of rotatable bonds is 6. The van der Waals surface area contributed by atoms with Gasteiger partial charge in [0, 0.05) is 0 Å². The van der Waals surface area contributed by atoms with Crippen LogP contribution in [0.25, 0.3) is 88.6 Å². The third-order valence-electron chi connectivity index (χ3n) is 15.7. The molecule has 0 radical (unpaired) electrons. The number of fused-ring (bicyclic) bond motifs is 8. The van der Waals surface area contributed by atoms with Crippen LogP contribution in [0.1, 0.15) is 74.8 Å². The van der Waals surface area contributed by atoms with Crippen molar-refractivity contribution in [3.8, 4) is 22.3 Å². The molecule has 6 heteroatoms. The molecule has 12 rings (SSSR count). The molecule has 0 saturated heterocycles. The zero-order valence-corrected chi connectivity index (χ0v) is 45.5. The Balaban J connectivity index is 0.00000269. The third kappa shape index (κ3) is 7.04. The molecule has 0 bridgehead atoms. The van der Waals surface area contributed by atoms with Gasteiger partial charge in [0.05, 0.1) is 0 Å². The molecule has 2 nitrogen and oxygen atoms in total. The summed E-state index contributed by atoms with van der Waals surface area (Å²) in [5.74, 6) is 3.84. The van der Waals surface area contributed by atoms with Gasteiger partial charge in [0.2, 0.25) is 0 Å². The van der Waals surface area contributed by atoms with Crippen LogP contribution in [0.2, 0.25) is 9.26 Å². The van der Waals surface area contributed by atoms with E-state index in [1.807, 2.05) is 0 Å². The fraction of sp³-hybridized carbons (Fsp3) is 0.161. The van der Waals surface area contributed by atoms with Crippen LogP contribution < -0.4 is 0 Å². The van der Waals surface area contributed by atoms with Crippen molar-refractivity contribution in [3.63, 3.8) is 0 Å². The number of hydrogen-bond donors (Lipinski definition) is 0. The van der Waals surface area contributed by atoms with Gasteiger partial charge in [-0.1, -0.05) is 0 Å². The van der Waals surface area contributed by atoms with Crippen LogP contribution in [0.4, 0.5) is 0 Å². The molecule has 2 atom stereocenters. The molecule has 0 spiro atoms. The summed E-state index contributed by atoms with van der Waals surface area (Å²) in [6.45, 7) is 15.8. The van der Waals surface area contributed by atoms with E-state index in [2.05, 4.69) is 215 Å². The zero-order chi connectivity index (χ0) is 45.4. The number of halogens is 2. The summed E-state index contributed by atoms with van der Waals surface area (Å²) in [6.07, 6.45) is 5.06. The molecule has 0 fully saturated rings. The second-order valence-corrected chi connectivity index (χ2v) is 51.1. The first kappa shape index (κ1) is 46.3. The minimum absolute atomic E-state index is 0. The molecule has 0 N–H and O–H groups in total. The summed E-state index contributed by atoms with van der Waals surface area (Å²) in [6, 6.07) is 54.7. The molecule has 2 aromatic heterocycles. The summed E-state index contributed by atoms with van der Waals surface area (Å²) in [5.41, 5.74) is 18.7. The summed E-state index contributed by atoms with van der Waals surface area (Å²) in [7, 11) is 0. The largest absolute Gasteiger partial charge is 0.147 e. The number of hydrogen-bond acceptors (Lipinski definition) is 2. The van der Waals surface area contributed by atoms with E-state index in [1.165, 1.54) is 121 Å². The smallest absolute Gasteiger partial charge is 0.147 e. The van der Waals surface area contributed by atoms with Gasteiger partial charge in [-0.05, 0) is 0 Å². The maximum atomic E-state index is 6.73. The number of allylic oxidation sites excluding steroid dienone is 2. The van der Waals surface area contributed by atoms with Gasteiger partial charge < -0.3 is 0 Å². The van der Waals surface area contributed by atoms with Crippen LogP contribution in [-0.4, -0.2) is 6.88 Å². The SMILES string of the molecule is Cc1ccc(C2=Cc3c(cc(C)c(C)c3-c3ccc4c(ccc5ccccc54)c3)[CH]2[Zr]([CH3])([CH3])(=[SiH2])[CH]2C(c3ccc(C)o3)=Cc3c2cc(C)c(C)c3-c2ccc3c(ccc4ccccc43)c2)o1.Cl.Cl. The molecule has 0 saturated carbocycles. The summed E-state index contributed by atoms with van der Waals surface area (Å²) in [5, 5.41) is 10.2. The monoisotopic (exact) mass is 1020 g/mol. The third-order valence-corrected chi connectivity index (χ3v) is 32.9. The van der Waals surface area contributed by atoms with Crippen LogP contribution in [0.5, 0.6) is 0 Å². The van der Waals surface area contributed by atoms with Crippen molar-refractivity contribution in [2.45, 2.75) is 58.1 Å². The topological polar surface area (TPSA) is 26.3 Å². The summed E-state index contributed by atoms with van der Waals surface area (Å²) in [4.78, 5) is 0. The van der Waals surface area contributed by atoms with E-state index >= 15 is 0 Å². The van der Waals surface area contributed by atoms with E-state index < -0.39 is 17.4 Å². The van der Waals surface area contributed by atoms with Crippen molar-refractivity contribution in [2.75, 3.05) is 0 Å². The molecular weight excluding hydrogens is 967 g/mol. The predicted octanol–water partition coefficient (Wildman–Crippen LogP) is 17.7. The standard InChI is InChI=1S/2C30H23O.2CH3.2ClH.H2Si.Zr/c2*1-18-14-24-16-25(29-13-8-19(2)31-29)17-28(24)30(20(18)3)23-11-12-27-22(15-23)10-9-21-6-4-5-7-26(21)27;;;;;;/h2*4-17H,1-3H3;2*1H3;2*1H;1H2;. The van der Waals surface area contributed by atoms with Crippen LogP contribution in [0.15, 0.2) is 154 Å². The molecule has 8 aromatic carbocycles. The van der Waals surface area contributed by atoms with Gasteiger partial charge in [0.1, 0.15) is 0 Å². The second-order valence-electron chi connectivity index (χ2n) is 20.7. The van der Waals surface area contributed by atoms with E-state index in [1.54, 1.807) is 0 Å². The minimum Gasteiger partial charge on any atom is -0.147 e. The summed E-state index contributed by atoms with van der Waals surface area (Å²) >= 11 is -4.38. The first-order valence-corrected chi connectivity index (χ1v) is 37.2. The van der Waals surface area contributed by atoms with E-state index in [-0.39, 0.29) is 32.1 Å². The molecule has 0 aliphatic heterocycles. The van der Waals surface area contributed by atoms with E-state index in [9.17, 15) is 0 Å². The fourth-order valence-electron chi connectivity index (χ4n) is 12.4. The predicted molar refractivity (Wildman–Crippen MR) is 296 cm³/mol. The Hall–Kier alpha value is -5.48. The Labute approximate surface area is 414 Å².